The first-order chi connectivity index (χ1) is 11.3. The van der Waals surface area contributed by atoms with Gasteiger partial charge in [-0.15, -0.1) is 24.0 Å². The molecule has 0 unspecified atom stereocenters. The maximum absolute atomic E-state index is 9.27. The zero-order chi connectivity index (χ0) is 16.3. The molecular weight excluding hydrogens is 415 g/mol. The van der Waals surface area contributed by atoms with Gasteiger partial charge in [0.05, 0.1) is 0 Å². The minimum absolute atomic E-state index is 0. The molecule has 1 aromatic carbocycles. The topological polar surface area (TPSA) is 59.9 Å². The van der Waals surface area contributed by atoms with Crippen LogP contribution in [0.3, 0.4) is 0 Å². The number of nitrogens with one attached hydrogen (secondary N) is 2. The van der Waals surface area contributed by atoms with Crippen molar-refractivity contribution in [2.24, 2.45) is 4.99 Å². The lowest BCUT2D eigenvalue weighted by Gasteiger charge is -2.26. The summed E-state index contributed by atoms with van der Waals surface area (Å²) in [7, 11) is 1.82. The van der Waals surface area contributed by atoms with Gasteiger partial charge in [-0.3, -0.25) is 4.99 Å². The first-order valence-electron chi connectivity index (χ1n) is 8.73. The van der Waals surface area contributed by atoms with Crippen molar-refractivity contribution in [2.75, 3.05) is 39.8 Å². The number of aliphatic imine (C=N–C) groups is 1. The standard InChI is InChI=1S/C18H30N4O.HI/c1-19-18(21-12-15-22-13-3-2-4-14-22)20-11-5-6-16-7-9-17(23)10-8-16;/h7-10,23H,2-6,11-15H2,1H3,(H2,19,20,21);1H. The summed E-state index contributed by atoms with van der Waals surface area (Å²) in [5.41, 5.74) is 1.25. The van der Waals surface area contributed by atoms with Gasteiger partial charge in [0.25, 0.3) is 0 Å². The highest BCUT2D eigenvalue weighted by Crippen LogP contribution is 2.10. The number of aromatic hydroxyl groups is 1. The molecule has 0 saturated carbocycles. The number of likely N-dealkylation sites (tertiary alicyclic amines) is 1. The van der Waals surface area contributed by atoms with E-state index < -0.39 is 0 Å². The maximum atomic E-state index is 9.27. The Hall–Kier alpha value is -1.02. The third-order valence-corrected chi connectivity index (χ3v) is 4.26. The van der Waals surface area contributed by atoms with Crippen LogP contribution >= 0.6 is 24.0 Å². The average Bonchev–Trinajstić information content (AvgIpc) is 2.59. The summed E-state index contributed by atoms with van der Waals surface area (Å²) in [5.74, 6) is 1.21. The van der Waals surface area contributed by atoms with E-state index in [4.69, 9.17) is 0 Å². The molecular formula is C18H31IN4O. The lowest BCUT2D eigenvalue weighted by atomic mass is 10.1. The van der Waals surface area contributed by atoms with Crippen molar-refractivity contribution in [3.8, 4) is 5.75 Å². The van der Waals surface area contributed by atoms with Crippen molar-refractivity contribution in [3.05, 3.63) is 29.8 Å². The molecule has 0 bridgehead atoms. The van der Waals surface area contributed by atoms with Crippen molar-refractivity contribution >= 4 is 29.9 Å². The SMILES string of the molecule is CN=C(NCCCc1ccc(O)cc1)NCCN1CCCCC1.I. The number of benzene rings is 1. The Morgan fingerprint density at radius 2 is 1.75 bits per heavy atom. The van der Waals surface area contributed by atoms with Crippen molar-refractivity contribution < 1.29 is 5.11 Å². The number of piperidine rings is 1. The van der Waals surface area contributed by atoms with Crippen molar-refractivity contribution in [3.63, 3.8) is 0 Å². The largest absolute Gasteiger partial charge is 0.508 e. The van der Waals surface area contributed by atoms with Crippen LogP contribution in [0, 0.1) is 0 Å². The highest BCUT2D eigenvalue weighted by molar-refractivity contribution is 14.0. The van der Waals surface area contributed by atoms with Crippen LogP contribution in [0.15, 0.2) is 29.3 Å². The van der Waals surface area contributed by atoms with Gasteiger partial charge in [0.15, 0.2) is 5.96 Å². The molecule has 1 saturated heterocycles. The Morgan fingerprint density at radius 1 is 1.08 bits per heavy atom. The molecule has 0 spiro atoms. The van der Waals surface area contributed by atoms with Gasteiger partial charge in [-0.25, -0.2) is 0 Å². The summed E-state index contributed by atoms with van der Waals surface area (Å²) in [6.45, 7) is 5.40. The fourth-order valence-electron chi connectivity index (χ4n) is 2.90. The number of hydrogen-bond acceptors (Lipinski definition) is 3. The highest BCUT2D eigenvalue weighted by Gasteiger charge is 2.09. The molecule has 2 rings (SSSR count). The number of rotatable bonds is 7. The third-order valence-electron chi connectivity index (χ3n) is 4.26. The number of nitrogens with zero attached hydrogens (tertiary/aromatic N) is 2. The molecule has 0 radical (unpaired) electrons. The average molecular weight is 446 g/mol. The van der Waals surface area contributed by atoms with E-state index in [0.717, 1.165) is 38.4 Å². The Kier molecular flexibility index (Phi) is 10.8. The van der Waals surface area contributed by atoms with Crippen LogP contribution in [0.2, 0.25) is 0 Å². The predicted octanol–water partition coefficient (Wildman–Crippen LogP) is 2.59. The Bertz CT molecular complexity index is 472. The maximum Gasteiger partial charge on any atom is 0.191 e. The van der Waals surface area contributed by atoms with Gasteiger partial charge in [-0.1, -0.05) is 18.6 Å². The van der Waals surface area contributed by atoms with E-state index in [-0.39, 0.29) is 24.0 Å². The van der Waals surface area contributed by atoms with Crippen molar-refractivity contribution in [1.82, 2.24) is 15.5 Å². The Balaban J connectivity index is 0.00000288. The van der Waals surface area contributed by atoms with Crippen LogP contribution in [0.5, 0.6) is 5.75 Å². The zero-order valence-electron chi connectivity index (χ0n) is 14.6. The van der Waals surface area contributed by atoms with Gasteiger partial charge in [-0.2, -0.15) is 0 Å². The molecule has 0 amide bonds. The molecule has 136 valence electrons. The first kappa shape index (κ1) is 21.0. The summed E-state index contributed by atoms with van der Waals surface area (Å²) in [6.07, 6.45) is 6.10. The highest BCUT2D eigenvalue weighted by atomic mass is 127. The molecule has 1 aromatic rings. The van der Waals surface area contributed by atoms with Gasteiger partial charge < -0.3 is 20.6 Å². The normalized spacial score (nSPS) is 15.6. The number of guanidine groups is 1. The molecule has 1 heterocycles. The second kappa shape index (κ2) is 12.4. The second-order valence-electron chi connectivity index (χ2n) is 6.10. The quantitative estimate of drug-likeness (QED) is 0.261. The zero-order valence-corrected chi connectivity index (χ0v) is 17.0. The third kappa shape index (κ3) is 8.19. The van der Waals surface area contributed by atoms with E-state index in [9.17, 15) is 5.11 Å². The molecule has 1 fully saturated rings. The van der Waals surface area contributed by atoms with Gasteiger partial charge in [0, 0.05) is 26.7 Å². The van der Waals surface area contributed by atoms with E-state index in [2.05, 4.69) is 20.5 Å². The minimum Gasteiger partial charge on any atom is -0.508 e. The van der Waals surface area contributed by atoms with Crippen molar-refractivity contribution in [1.29, 1.82) is 0 Å². The number of hydrogen-bond donors (Lipinski definition) is 3. The summed E-state index contributed by atoms with van der Waals surface area (Å²) < 4.78 is 0. The van der Waals surface area contributed by atoms with E-state index in [0.29, 0.717) is 5.75 Å². The van der Waals surface area contributed by atoms with E-state index >= 15 is 0 Å². The smallest absolute Gasteiger partial charge is 0.191 e. The molecule has 0 aliphatic carbocycles. The van der Waals surface area contributed by atoms with Gasteiger partial charge in [0.2, 0.25) is 0 Å². The van der Waals surface area contributed by atoms with Crippen molar-refractivity contribution in [2.45, 2.75) is 32.1 Å². The monoisotopic (exact) mass is 446 g/mol. The Morgan fingerprint density at radius 3 is 2.42 bits per heavy atom. The summed E-state index contributed by atoms with van der Waals surface area (Å²) in [4.78, 5) is 6.79. The number of phenols is 1. The van der Waals surface area contributed by atoms with Crippen LogP contribution in [-0.4, -0.2) is 55.7 Å². The lowest BCUT2D eigenvalue weighted by Crippen LogP contribution is -2.42. The van der Waals surface area contributed by atoms with Gasteiger partial charge >= 0.3 is 0 Å². The lowest BCUT2D eigenvalue weighted by molar-refractivity contribution is 0.232. The van der Waals surface area contributed by atoms with E-state index in [1.54, 1.807) is 12.1 Å². The number of halogens is 1. The summed E-state index contributed by atoms with van der Waals surface area (Å²) >= 11 is 0. The van der Waals surface area contributed by atoms with Crippen LogP contribution in [0.25, 0.3) is 0 Å². The summed E-state index contributed by atoms with van der Waals surface area (Å²) in [5, 5.41) is 16.0. The molecule has 1 aliphatic heterocycles. The molecule has 0 atom stereocenters. The molecule has 3 N–H and O–H groups in total. The molecule has 5 nitrogen and oxygen atoms in total. The van der Waals surface area contributed by atoms with Crippen LogP contribution in [0.4, 0.5) is 0 Å². The minimum atomic E-state index is 0. The fraction of sp³-hybridized carbons (Fsp3) is 0.611. The van der Waals surface area contributed by atoms with Crippen LogP contribution in [0.1, 0.15) is 31.2 Å². The van der Waals surface area contributed by atoms with Gasteiger partial charge in [-0.05, 0) is 56.5 Å². The van der Waals surface area contributed by atoms with Crippen LogP contribution in [-0.2, 0) is 6.42 Å². The molecule has 24 heavy (non-hydrogen) atoms. The van der Waals surface area contributed by atoms with E-state index in [1.807, 2.05) is 19.2 Å². The number of phenolic OH excluding ortho intramolecular Hbond substituents is 1. The molecule has 1 aliphatic rings. The fourth-order valence-corrected chi connectivity index (χ4v) is 2.90. The molecule has 0 aromatic heterocycles. The predicted molar refractivity (Wildman–Crippen MR) is 111 cm³/mol. The number of aryl methyl sites for hydroxylation is 1. The van der Waals surface area contributed by atoms with Gasteiger partial charge in [0.1, 0.15) is 5.75 Å². The second-order valence-corrected chi connectivity index (χ2v) is 6.10. The summed E-state index contributed by atoms with van der Waals surface area (Å²) in [6, 6.07) is 7.43. The van der Waals surface area contributed by atoms with Crippen LogP contribution < -0.4 is 10.6 Å². The van der Waals surface area contributed by atoms with E-state index in [1.165, 1.54) is 37.9 Å². The molecule has 6 heteroatoms. The first-order valence-corrected chi connectivity index (χ1v) is 8.73. The Labute approximate surface area is 162 Å².